The fraction of sp³-hybridized carbons (Fsp3) is 1.00. The Morgan fingerprint density at radius 1 is 0.867 bits per heavy atom. The summed E-state index contributed by atoms with van der Waals surface area (Å²) in [7, 11) is 11.2. The number of quaternary nitrogens is 2. The van der Waals surface area contributed by atoms with Crippen LogP contribution in [-0.4, -0.2) is 76.9 Å². The zero-order valence-electron chi connectivity index (χ0n) is 11.6. The zero-order valence-corrected chi connectivity index (χ0v) is 11.6. The van der Waals surface area contributed by atoms with Crippen molar-refractivity contribution in [3.05, 3.63) is 0 Å². The minimum Gasteiger partial charge on any atom is -0.326 e. The van der Waals surface area contributed by atoms with Crippen LogP contribution in [0.5, 0.6) is 0 Å². The Hall–Kier alpha value is -0.120. The maximum absolute atomic E-state index is 3.26. The predicted molar refractivity (Wildman–Crippen MR) is 67.9 cm³/mol. The van der Waals surface area contributed by atoms with Gasteiger partial charge in [0.05, 0.1) is 41.3 Å². The molecule has 1 atom stereocenters. The van der Waals surface area contributed by atoms with E-state index in [2.05, 4.69) is 40.4 Å². The van der Waals surface area contributed by atoms with Gasteiger partial charge in [-0.25, -0.2) is 0 Å². The van der Waals surface area contributed by atoms with Gasteiger partial charge in [0.1, 0.15) is 13.1 Å². The molecule has 0 radical (unpaired) electrons. The largest absolute Gasteiger partial charge is 0.326 e. The van der Waals surface area contributed by atoms with Crippen molar-refractivity contribution in [3.8, 4) is 0 Å². The van der Waals surface area contributed by atoms with Crippen LogP contribution in [0.2, 0.25) is 0 Å². The second-order valence-electron chi connectivity index (χ2n) is 5.91. The van der Waals surface area contributed by atoms with Crippen LogP contribution >= 0.6 is 0 Å². The standard InChI is InChI=1S/C12H31N3/c1-7-9-15(6,10-8-13-2)12-11-14(3,4)5/h13H,7-12H2,1-6H3/q+2. The molecule has 0 saturated heterocycles. The third-order valence-corrected chi connectivity index (χ3v) is 2.98. The highest BCUT2D eigenvalue weighted by molar-refractivity contribution is 4.43. The smallest absolute Gasteiger partial charge is 0.128 e. The molecule has 1 N–H and O–H groups in total. The lowest BCUT2D eigenvalue weighted by Gasteiger charge is -2.36. The van der Waals surface area contributed by atoms with Crippen molar-refractivity contribution in [2.45, 2.75) is 13.3 Å². The van der Waals surface area contributed by atoms with E-state index in [1.165, 1.54) is 37.1 Å². The van der Waals surface area contributed by atoms with Crippen LogP contribution in [0.4, 0.5) is 0 Å². The van der Waals surface area contributed by atoms with Crippen LogP contribution in [-0.2, 0) is 0 Å². The fourth-order valence-electron chi connectivity index (χ4n) is 1.80. The van der Waals surface area contributed by atoms with Crippen molar-refractivity contribution in [1.82, 2.24) is 5.32 Å². The molecule has 0 amide bonds. The maximum Gasteiger partial charge on any atom is 0.128 e. The molecule has 3 heteroatoms. The summed E-state index contributed by atoms with van der Waals surface area (Å²) in [4.78, 5) is 0. The Labute approximate surface area is 96.2 Å². The number of nitrogens with zero attached hydrogens (tertiary/aromatic N) is 2. The first-order valence-electron chi connectivity index (χ1n) is 6.11. The van der Waals surface area contributed by atoms with E-state index in [0.29, 0.717) is 0 Å². The summed E-state index contributed by atoms with van der Waals surface area (Å²) in [6.45, 7) is 8.46. The van der Waals surface area contributed by atoms with Crippen molar-refractivity contribution in [2.75, 3.05) is 68.0 Å². The van der Waals surface area contributed by atoms with Crippen LogP contribution in [0.3, 0.4) is 0 Å². The molecule has 0 aromatic carbocycles. The molecular weight excluding hydrogens is 186 g/mol. The monoisotopic (exact) mass is 217 g/mol. The van der Waals surface area contributed by atoms with Gasteiger partial charge in [0.2, 0.25) is 0 Å². The maximum atomic E-state index is 3.26. The highest BCUT2D eigenvalue weighted by atomic mass is 15.4. The van der Waals surface area contributed by atoms with Gasteiger partial charge in [-0.3, -0.25) is 0 Å². The van der Waals surface area contributed by atoms with Crippen molar-refractivity contribution < 1.29 is 8.97 Å². The highest BCUT2D eigenvalue weighted by Gasteiger charge is 2.23. The lowest BCUT2D eigenvalue weighted by molar-refractivity contribution is -0.948. The molecule has 0 aliphatic rings. The predicted octanol–water partition coefficient (Wildman–Crippen LogP) is 0.769. The molecule has 0 bridgehead atoms. The van der Waals surface area contributed by atoms with Gasteiger partial charge in [-0.1, -0.05) is 6.92 Å². The highest BCUT2D eigenvalue weighted by Crippen LogP contribution is 2.05. The number of likely N-dealkylation sites (N-methyl/N-ethyl adjacent to an activating group) is 3. The van der Waals surface area contributed by atoms with E-state index in [4.69, 9.17) is 0 Å². The van der Waals surface area contributed by atoms with Gasteiger partial charge in [0.15, 0.2) is 0 Å². The summed E-state index contributed by atoms with van der Waals surface area (Å²) < 4.78 is 2.27. The van der Waals surface area contributed by atoms with Crippen molar-refractivity contribution in [2.24, 2.45) is 0 Å². The van der Waals surface area contributed by atoms with Gasteiger partial charge < -0.3 is 14.3 Å². The van der Waals surface area contributed by atoms with E-state index in [1.54, 1.807) is 0 Å². The van der Waals surface area contributed by atoms with Gasteiger partial charge in [0, 0.05) is 6.54 Å². The molecule has 0 aliphatic heterocycles. The topological polar surface area (TPSA) is 12.0 Å². The Kier molecular flexibility index (Phi) is 6.41. The van der Waals surface area contributed by atoms with E-state index in [0.717, 1.165) is 11.0 Å². The van der Waals surface area contributed by atoms with E-state index < -0.39 is 0 Å². The van der Waals surface area contributed by atoms with Crippen molar-refractivity contribution >= 4 is 0 Å². The summed E-state index contributed by atoms with van der Waals surface area (Å²) in [5.41, 5.74) is 0. The van der Waals surface area contributed by atoms with Gasteiger partial charge in [-0.05, 0) is 13.5 Å². The summed E-state index contributed by atoms with van der Waals surface area (Å²) >= 11 is 0. The Balaban J connectivity index is 4.11. The SMILES string of the molecule is CCC[N+](C)(CCNC)CC[N+](C)(C)C. The molecule has 0 spiro atoms. The number of nitrogens with one attached hydrogen (secondary N) is 1. The zero-order chi connectivity index (χ0) is 11.9. The molecular formula is C12H31N3+2. The average molecular weight is 217 g/mol. The summed E-state index contributed by atoms with van der Waals surface area (Å²) in [6.07, 6.45) is 1.28. The molecule has 0 rings (SSSR count). The Morgan fingerprint density at radius 2 is 1.47 bits per heavy atom. The lowest BCUT2D eigenvalue weighted by Crippen LogP contribution is -2.53. The first-order valence-corrected chi connectivity index (χ1v) is 6.11. The fourth-order valence-corrected chi connectivity index (χ4v) is 1.80. The molecule has 0 heterocycles. The Bertz CT molecular complexity index is 163. The second-order valence-corrected chi connectivity index (χ2v) is 5.91. The molecule has 0 fully saturated rings. The third kappa shape index (κ3) is 7.77. The molecule has 0 aromatic heterocycles. The molecule has 0 saturated carbocycles. The molecule has 1 unspecified atom stereocenters. The van der Waals surface area contributed by atoms with E-state index in [-0.39, 0.29) is 0 Å². The normalized spacial score (nSPS) is 16.4. The summed E-state index contributed by atoms with van der Waals surface area (Å²) in [6, 6.07) is 0. The minimum atomic E-state index is 1.07. The molecule has 0 aliphatic carbocycles. The van der Waals surface area contributed by atoms with Crippen LogP contribution in [0, 0.1) is 0 Å². The van der Waals surface area contributed by atoms with Gasteiger partial charge in [-0.15, -0.1) is 0 Å². The summed E-state index contributed by atoms with van der Waals surface area (Å²) in [5.74, 6) is 0. The summed E-state index contributed by atoms with van der Waals surface area (Å²) in [5, 5.41) is 3.26. The number of hydrogen-bond donors (Lipinski definition) is 1. The third-order valence-electron chi connectivity index (χ3n) is 2.98. The first kappa shape index (κ1) is 14.9. The van der Waals surface area contributed by atoms with Crippen LogP contribution < -0.4 is 5.32 Å². The number of rotatable bonds is 8. The molecule has 3 nitrogen and oxygen atoms in total. The van der Waals surface area contributed by atoms with Gasteiger partial charge in [-0.2, -0.15) is 0 Å². The molecule has 0 aromatic rings. The van der Waals surface area contributed by atoms with Gasteiger partial charge in [0.25, 0.3) is 0 Å². The van der Waals surface area contributed by atoms with E-state index in [1.807, 2.05) is 7.05 Å². The van der Waals surface area contributed by atoms with Crippen LogP contribution in [0.15, 0.2) is 0 Å². The van der Waals surface area contributed by atoms with Crippen molar-refractivity contribution in [1.29, 1.82) is 0 Å². The van der Waals surface area contributed by atoms with Crippen LogP contribution in [0.25, 0.3) is 0 Å². The number of hydrogen-bond acceptors (Lipinski definition) is 1. The lowest BCUT2D eigenvalue weighted by atomic mass is 10.3. The minimum absolute atomic E-state index is 1.07. The van der Waals surface area contributed by atoms with Crippen molar-refractivity contribution in [3.63, 3.8) is 0 Å². The van der Waals surface area contributed by atoms with E-state index >= 15 is 0 Å². The quantitative estimate of drug-likeness (QED) is 0.592. The van der Waals surface area contributed by atoms with Gasteiger partial charge >= 0.3 is 0 Å². The molecule has 92 valence electrons. The van der Waals surface area contributed by atoms with Crippen LogP contribution in [0.1, 0.15) is 13.3 Å². The molecule has 15 heavy (non-hydrogen) atoms. The average Bonchev–Trinajstić information content (AvgIpc) is 2.12. The first-order chi connectivity index (χ1) is 6.83. The van der Waals surface area contributed by atoms with E-state index in [9.17, 15) is 0 Å². The Morgan fingerprint density at radius 3 is 1.87 bits per heavy atom. The second kappa shape index (κ2) is 6.46.